The number of nitro groups is 2. The Morgan fingerprint density at radius 3 is 1.18 bits per heavy atom. The van der Waals surface area contributed by atoms with E-state index < -0.39 is 34.1 Å². The molecule has 0 saturated heterocycles. The molecule has 32 heteroatoms. The predicted molar refractivity (Wildman–Crippen MR) is 362 cm³/mol. The van der Waals surface area contributed by atoms with Crippen LogP contribution < -0.4 is 52.8 Å². The van der Waals surface area contributed by atoms with Crippen molar-refractivity contribution in [2.45, 2.75) is 81.1 Å². The molecule has 6 amide bonds. The van der Waals surface area contributed by atoms with Crippen LogP contribution in [-0.2, 0) is 9.47 Å². The Hall–Kier alpha value is -10.8. The summed E-state index contributed by atoms with van der Waals surface area (Å²) in [5.41, 5.74) is 3.28. The van der Waals surface area contributed by atoms with Crippen molar-refractivity contribution in [1.82, 2.24) is 41.2 Å². The minimum atomic E-state index is -0.595. The predicted octanol–water partition coefficient (Wildman–Crippen LogP) is 10.4. The average Bonchev–Trinajstić information content (AvgIpc) is 1.25. The van der Waals surface area contributed by atoms with Gasteiger partial charge in [0.2, 0.25) is 11.9 Å². The number of nitro benzene ring substituents is 2. The summed E-state index contributed by atoms with van der Waals surface area (Å²) in [5.74, 6) is 0.515. The number of carbonyl (C=O) groups excluding carboxylic acids is 4. The highest BCUT2D eigenvalue weighted by Crippen LogP contribution is 2.29. The molecule has 6 aromatic rings. The topological polar surface area (TPSA) is 433 Å². The molecule has 0 fully saturated rings. The van der Waals surface area contributed by atoms with Gasteiger partial charge in [-0.3, -0.25) is 50.4 Å². The zero-order valence-electron chi connectivity index (χ0n) is 55.1. The van der Waals surface area contributed by atoms with Crippen molar-refractivity contribution in [3.63, 3.8) is 0 Å². The van der Waals surface area contributed by atoms with Gasteiger partial charge in [0.15, 0.2) is 0 Å². The number of H-pyrrole nitrogens is 2. The second-order valence-electron chi connectivity index (χ2n) is 24.1. The van der Waals surface area contributed by atoms with E-state index in [4.69, 9.17) is 19.7 Å². The summed E-state index contributed by atoms with van der Waals surface area (Å²) in [6, 6.07) is 27.4. The first-order valence-corrected chi connectivity index (χ1v) is 31.0. The van der Waals surface area contributed by atoms with Crippen molar-refractivity contribution in [3.05, 3.63) is 162 Å². The number of carbonyl (C=O) groups is 4. The molecule has 0 spiro atoms. The van der Waals surface area contributed by atoms with E-state index in [0.717, 1.165) is 24.2 Å². The largest absolute Gasteiger partial charge is 0.448 e. The number of non-ortho nitro benzene ring substituents is 2. The second-order valence-corrected chi connectivity index (χ2v) is 24.1. The molecule has 0 aliphatic carbocycles. The molecule has 0 aliphatic heterocycles. The number of aromatic amines is 2. The average molecular weight is 1330 g/mol. The van der Waals surface area contributed by atoms with E-state index in [0.29, 0.717) is 86.2 Å². The van der Waals surface area contributed by atoms with Crippen LogP contribution in [0.25, 0.3) is 0 Å². The molecule has 2 unspecified atom stereocenters. The Morgan fingerprint density at radius 2 is 0.865 bits per heavy atom. The van der Waals surface area contributed by atoms with Crippen molar-refractivity contribution >= 4 is 81.6 Å². The molecule has 0 aliphatic rings. The fraction of sp³-hybridized carbons (Fsp3) is 0.438. The number of aromatic nitrogens is 4. The van der Waals surface area contributed by atoms with Crippen molar-refractivity contribution in [2.75, 3.05) is 99.2 Å². The molecule has 0 saturated carbocycles. The van der Waals surface area contributed by atoms with E-state index in [-0.39, 0.29) is 96.6 Å². The van der Waals surface area contributed by atoms with Crippen LogP contribution in [0.1, 0.15) is 78.6 Å². The summed E-state index contributed by atoms with van der Waals surface area (Å²) in [4.78, 5) is 111. The van der Waals surface area contributed by atoms with Gasteiger partial charge in [-0.05, 0) is 135 Å². The lowest BCUT2D eigenvalue weighted by Gasteiger charge is -2.29. The molecular weight excluding hydrogens is 1240 g/mol. The monoisotopic (exact) mass is 1330 g/mol. The number of aliphatic hydroxyl groups excluding tert-OH is 2. The number of alkyl carbamates (subject to hydrolysis) is 2. The number of benzene rings is 4. The molecule has 516 valence electrons. The van der Waals surface area contributed by atoms with Gasteiger partial charge in [0.1, 0.15) is 13.2 Å². The van der Waals surface area contributed by atoms with Crippen LogP contribution in [0.3, 0.4) is 0 Å². The van der Waals surface area contributed by atoms with Gasteiger partial charge >= 0.3 is 24.2 Å². The lowest BCUT2D eigenvalue weighted by molar-refractivity contribution is -0.385. The smallest absolute Gasteiger partial charge is 0.407 e. The highest BCUT2D eigenvalue weighted by Gasteiger charge is 2.25. The number of nitrogens with one attached hydrogen (secondary N) is 8. The standard InChI is InChI=1S/C48H68N14O10.C16H18N4O4/c1-31(17-19-49-43(65)57-41-53-33(3)25-39(63)55-41)27-47(5,6)29-51-45(67)71-23-21-61(37-13-9-35(10-14-37)59-60-36-11-15-38(16-12-36)62(69)70)22-24-72-46(68)52-30-48(7,8)28-32(2)18-20-50-44(66)58-42-54-34(4)26-40(64)56-42;21-11-9-19(10-12-22)15-5-1-13(2-6-15)17-18-14-3-7-16(8-4-14)20(23)24/h9-16,25-26,31-32H,17-24,27-30H2,1-8H3,(H,51,67)(H,52,68)(H3,49,53,55,57,63,65)(H3,50,54,56,58,64,66);1-8,21-22H,9-12H2. The van der Waals surface area contributed by atoms with Gasteiger partial charge in [-0.2, -0.15) is 20.5 Å². The lowest BCUT2D eigenvalue weighted by Crippen LogP contribution is -2.38. The first-order chi connectivity index (χ1) is 45.7. The van der Waals surface area contributed by atoms with Gasteiger partial charge in [-0.25, -0.2) is 29.1 Å². The highest BCUT2D eigenvalue weighted by molar-refractivity contribution is 5.87. The van der Waals surface area contributed by atoms with Crippen LogP contribution in [0, 0.1) is 56.7 Å². The van der Waals surface area contributed by atoms with Crippen molar-refractivity contribution in [1.29, 1.82) is 0 Å². The van der Waals surface area contributed by atoms with Gasteiger partial charge in [0.25, 0.3) is 22.5 Å². The SMILES string of the molecule is Cc1cc(=O)[nH]c(NC(=O)NCCC(C)CC(C)(C)CNC(=O)OCCN(CCOC(=O)NCC(C)(C)CC(C)CCNC(=O)Nc2nc(C)cc(=O)[nH]2)c2ccc(N=Nc3ccc([N+](=O)[O-])cc3)cc2)n1.O=[N+]([O-])c1ccc(N=Nc2ccc(N(CCO)CCO)cc2)cc1. The zero-order valence-corrected chi connectivity index (χ0v) is 55.1. The highest BCUT2D eigenvalue weighted by atomic mass is 16.6. The van der Waals surface area contributed by atoms with Crippen LogP contribution in [0.5, 0.6) is 0 Å². The van der Waals surface area contributed by atoms with Crippen molar-refractivity contribution in [2.24, 2.45) is 43.1 Å². The molecule has 4 aromatic carbocycles. The summed E-state index contributed by atoms with van der Waals surface area (Å²) in [7, 11) is 0. The number of azo groups is 2. The third-order valence-corrected chi connectivity index (χ3v) is 14.3. The molecule has 0 radical (unpaired) electrons. The molecule has 2 atom stereocenters. The first kappa shape index (κ1) is 76.0. The third-order valence-electron chi connectivity index (χ3n) is 14.3. The van der Waals surface area contributed by atoms with Crippen LogP contribution >= 0.6 is 0 Å². The van der Waals surface area contributed by atoms with Gasteiger partial charge in [0, 0.05) is 98.4 Å². The zero-order chi connectivity index (χ0) is 70.2. The van der Waals surface area contributed by atoms with Gasteiger partial charge < -0.3 is 50.8 Å². The molecule has 32 nitrogen and oxygen atoms in total. The second kappa shape index (κ2) is 38.4. The number of nitrogens with zero attached hydrogens (tertiary/aromatic N) is 10. The van der Waals surface area contributed by atoms with Crippen LogP contribution in [0.2, 0.25) is 0 Å². The molecule has 0 bridgehead atoms. The minimum absolute atomic E-state index is 0.00159. The van der Waals surface area contributed by atoms with E-state index in [1.54, 1.807) is 50.2 Å². The molecule has 2 aromatic heterocycles. The molecule has 96 heavy (non-hydrogen) atoms. The molecular formula is C64H86N18O14. The Balaban J connectivity index is 0.000000579. The van der Waals surface area contributed by atoms with Crippen LogP contribution in [0.15, 0.2) is 139 Å². The summed E-state index contributed by atoms with van der Waals surface area (Å²) < 4.78 is 11.2. The molecule has 10 N–H and O–H groups in total. The minimum Gasteiger partial charge on any atom is -0.448 e. The van der Waals surface area contributed by atoms with E-state index in [9.17, 15) is 49.0 Å². The third kappa shape index (κ3) is 29.0. The van der Waals surface area contributed by atoms with Gasteiger partial charge in [0.05, 0.1) is 58.9 Å². The van der Waals surface area contributed by atoms with E-state index >= 15 is 0 Å². The summed E-state index contributed by atoms with van der Waals surface area (Å²) in [6.07, 6.45) is 1.63. The van der Waals surface area contributed by atoms with Gasteiger partial charge in [-0.15, -0.1) is 0 Å². The van der Waals surface area contributed by atoms with E-state index in [1.807, 2.05) is 49.6 Å². The lowest BCUT2D eigenvalue weighted by atomic mass is 9.82. The maximum atomic E-state index is 12.9. The Kier molecular flexibility index (Phi) is 30.4. The maximum absolute atomic E-state index is 12.9. The van der Waals surface area contributed by atoms with E-state index in [1.165, 1.54) is 60.7 Å². The number of urea groups is 2. The Bertz CT molecular complexity index is 3530. The number of aryl methyl sites for hydroxylation is 2. The summed E-state index contributed by atoms with van der Waals surface area (Å²) >= 11 is 0. The number of ether oxygens (including phenoxy) is 2. The number of hydrogen-bond acceptors (Lipinski definition) is 22. The quantitative estimate of drug-likeness (QED) is 0.0102. The Labute approximate surface area is 554 Å². The Morgan fingerprint density at radius 1 is 0.542 bits per heavy atom. The number of anilines is 4. The fourth-order valence-electron chi connectivity index (χ4n) is 9.86. The molecule has 6 rings (SSSR count). The fourth-order valence-corrected chi connectivity index (χ4v) is 9.86. The number of aliphatic hydroxyl groups is 2. The van der Waals surface area contributed by atoms with Gasteiger partial charge in [-0.1, -0.05) is 41.5 Å². The normalized spacial score (nSPS) is 11.9. The van der Waals surface area contributed by atoms with Crippen molar-refractivity contribution < 1.29 is 48.7 Å². The van der Waals surface area contributed by atoms with E-state index in [2.05, 4.69) is 86.1 Å². The first-order valence-electron chi connectivity index (χ1n) is 31.0. The van der Waals surface area contributed by atoms with Crippen LogP contribution in [0.4, 0.5) is 76.6 Å². The van der Waals surface area contributed by atoms with Crippen LogP contribution in [-0.4, -0.2) is 143 Å². The summed E-state index contributed by atoms with van der Waals surface area (Å²) in [5, 5.41) is 72.5. The van der Waals surface area contributed by atoms with Crippen molar-refractivity contribution in [3.8, 4) is 0 Å². The maximum Gasteiger partial charge on any atom is 0.407 e. The summed E-state index contributed by atoms with van der Waals surface area (Å²) in [6.45, 7) is 18.4. The number of rotatable bonds is 34. The molecule has 2 heterocycles. The number of hydrogen-bond donors (Lipinski definition) is 10. The number of amides is 6.